The van der Waals surface area contributed by atoms with E-state index >= 15 is 0 Å². The van der Waals surface area contributed by atoms with Crippen LogP contribution in [0.25, 0.3) is 0 Å². The molecule has 0 bridgehead atoms. The minimum atomic E-state index is -0.800. The highest BCUT2D eigenvalue weighted by atomic mass is 33.7. The van der Waals surface area contributed by atoms with Gasteiger partial charge in [0.2, 0.25) is 0 Å². The minimum absolute atomic E-state index is 0.630. The molecule has 2 atom stereocenters. The highest BCUT2D eigenvalue weighted by molar-refractivity contribution is 9.26. The molecule has 0 aromatic carbocycles. The first-order chi connectivity index (χ1) is 21.7. The van der Waals surface area contributed by atoms with Gasteiger partial charge in [-0.2, -0.15) is 0 Å². The summed E-state index contributed by atoms with van der Waals surface area (Å²) < 4.78 is 13.2. The molecule has 0 aliphatic carbocycles. The fourth-order valence-corrected chi connectivity index (χ4v) is 20.4. The van der Waals surface area contributed by atoms with E-state index in [9.17, 15) is 0 Å². The van der Waals surface area contributed by atoms with Crippen LogP contribution in [0.2, 0.25) is 24.2 Å². The maximum absolute atomic E-state index is 6.62. The average Bonchev–Trinajstić information content (AvgIpc) is 3.04. The smallest absolute Gasteiger partial charge is 0.0717 e. The van der Waals surface area contributed by atoms with Crippen molar-refractivity contribution in [2.75, 3.05) is 24.7 Å². The lowest BCUT2D eigenvalue weighted by Gasteiger charge is -2.27. The van der Waals surface area contributed by atoms with E-state index in [0.29, 0.717) is 11.5 Å². The number of ether oxygens (including phenoxy) is 2. The standard InChI is InChI=1S/C36H78O2S4Si2/c1-7-13-21-27-37-35(43(31-15-9-3)32-16-10-4)25-19-23-29-39-41-42-40-30-24-20-26-36(38-28-22-14-8-2)44(33-17-11-5)34-18-12-6/h35-36,43-44H,7-34H2,1-6H3. The van der Waals surface area contributed by atoms with E-state index < -0.39 is 17.6 Å². The number of hydrogen-bond donors (Lipinski definition) is 0. The second-order valence-corrected chi connectivity index (χ2v) is 26.2. The van der Waals surface area contributed by atoms with Crippen molar-refractivity contribution in [1.82, 2.24) is 0 Å². The normalized spacial score (nSPS) is 13.4. The molecule has 0 amide bonds. The molecule has 0 rings (SSSR count). The van der Waals surface area contributed by atoms with Crippen LogP contribution in [0.4, 0.5) is 0 Å². The molecule has 2 unspecified atom stereocenters. The number of unbranched alkanes of at least 4 members (excludes halogenated alkanes) is 10. The van der Waals surface area contributed by atoms with Gasteiger partial charge in [-0.25, -0.2) is 0 Å². The minimum Gasteiger partial charge on any atom is -0.382 e. The third kappa shape index (κ3) is 28.7. The molecule has 0 saturated heterocycles. The molecule has 266 valence electrons. The van der Waals surface area contributed by atoms with Gasteiger partial charge in [-0.1, -0.05) is 177 Å². The van der Waals surface area contributed by atoms with E-state index in [-0.39, 0.29) is 0 Å². The predicted molar refractivity (Wildman–Crippen MR) is 219 cm³/mol. The summed E-state index contributed by atoms with van der Waals surface area (Å²) in [7, 11) is 6.60. The Morgan fingerprint density at radius 2 is 0.750 bits per heavy atom. The SMILES string of the molecule is CCCCCOC(CCCCSSSSCCCCC(OCCCCC)[SiH](CCCC)CCCC)[SiH](CCCC)CCCC. The highest BCUT2D eigenvalue weighted by Crippen LogP contribution is 2.43. The Morgan fingerprint density at radius 3 is 1.07 bits per heavy atom. The summed E-state index contributed by atoms with van der Waals surface area (Å²) in [6.45, 7) is 16.0. The molecule has 0 heterocycles. The van der Waals surface area contributed by atoms with E-state index in [0.717, 1.165) is 13.2 Å². The van der Waals surface area contributed by atoms with E-state index in [2.05, 4.69) is 63.1 Å². The Balaban J connectivity index is 4.27. The van der Waals surface area contributed by atoms with E-state index in [1.165, 1.54) is 164 Å². The summed E-state index contributed by atoms with van der Waals surface area (Å²) in [6.07, 6.45) is 26.9. The quantitative estimate of drug-likeness (QED) is 0.0358. The van der Waals surface area contributed by atoms with Gasteiger partial charge in [0, 0.05) is 36.2 Å². The van der Waals surface area contributed by atoms with Crippen LogP contribution in [0, 0.1) is 0 Å². The van der Waals surface area contributed by atoms with Crippen molar-refractivity contribution in [1.29, 1.82) is 0 Å². The van der Waals surface area contributed by atoms with Crippen LogP contribution in [0.3, 0.4) is 0 Å². The van der Waals surface area contributed by atoms with E-state index in [1.54, 1.807) is 0 Å². The van der Waals surface area contributed by atoms with Gasteiger partial charge in [-0.05, 0) is 58.2 Å². The van der Waals surface area contributed by atoms with Crippen molar-refractivity contribution in [3.8, 4) is 0 Å². The highest BCUT2D eigenvalue weighted by Gasteiger charge is 2.24. The van der Waals surface area contributed by atoms with Crippen LogP contribution in [0.5, 0.6) is 0 Å². The van der Waals surface area contributed by atoms with Crippen molar-refractivity contribution >= 4 is 58.8 Å². The van der Waals surface area contributed by atoms with Crippen LogP contribution in [-0.4, -0.2) is 53.8 Å². The fraction of sp³-hybridized carbons (Fsp3) is 1.00. The first kappa shape index (κ1) is 45.8. The van der Waals surface area contributed by atoms with Crippen molar-refractivity contribution in [3.63, 3.8) is 0 Å². The third-order valence-corrected chi connectivity index (χ3v) is 23.4. The molecular formula is C36H78O2S4Si2. The summed E-state index contributed by atoms with van der Waals surface area (Å²) in [5.41, 5.74) is 1.26. The lowest BCUT2D eigenvalue weighted by molar-refractivity contribution is 0.0907. The second kappa shape index (κ2) is 37.6. The van der Waals surface area contributed by atoms with Crippen molar-refractivity contribution < 1.29 is 9.47 Å². The molecule has 44 heavy (non-hydrogen) atoms. The molecule has 0 aromatic heterocycles. The van der Waals surface area contributed by atoms with Crippen LogP contribution < -0.4 is 0 Å². The Morgan fingerprint density at radius 1 is 0.409 bits per heavy atom. The van der Waals surface area contributed by atoms with Crippen molar-refractivity contribution in [2.24, 2.45) is 0 Å². The second-order valence-electron chi connectivity index (χ2n) is 13.1. The van der Waals surface area contributed by atoms with E-state index in [4.69, 9.17) is 9.47 Å². The molecule has 8 heteroatoms. The molecule has 0 N–H and O–H groups in total. The van der Waals surface area contributed by atoms with E-state index in [1.807, 2.05) is 19.7 Å². The lowest BCUT2D eigenvalue weighted by Crippen LogP contribution is -2.34. The molecule has 0 aromatic rings. The Bertz CT molecular complexity index is 488. The zero-order valence-corrected chi connectivity index (χ0v) is 36.1. The van der Waals surface area contributed by atoms with Gasteiger partial charge in [-0.15, -0.1) is 0 Å². The van der Waals surface area contributed by atoms with Crippen LogP contribution >= 0.6 is 41.2 Å². The van der Waals surface area contributed by atoms with Crippen LogP contribution in [0.15, 0.2) is 0 Å². The summed E-state index contributed by atoms with van der Waals surface area (Å²) in [5, 5.41) is 0. The van der Waals surface area contributed by atoms with Gasteiger partial charge in [0.05, 0.1) is 17.6 Å². The maximum Gasteiger partial charge on any atom is 0.0717 e. The van der Waals surface area contributed by atoms with Crippen LogP contribution in [0.1, 0.15) is 170 Å². The Labute approximate surface area is 296 Å². The first-order valence-corrected chi connectivity index (χ1v) is 29.2. The fourth-order valence-electron chi connectivity index (χ4n) is 6.10. The molecule has 0 fully saturated rings. The lowest BCUT2D eigenvalue weighted by atomic mass is 10.2. The first-order valence-electron chi connectivity index (χ1n) is 19.5. The zero-order valence-electron chi connectivity index (χ0n) is 30.6. The topological polar surface area (TPSA) is 18.5 Å². The Hall–Kier alpha value is 1.75. The summed E-state index contributed by atoms with van der Waals surface area (Å²) >= 11 is 0. The monoisotopic (exact) mass is 726 g/mol. The van der Waals surface area contributed by atoms with Gasteiger partial charge < -0.3 is 9.47 Å². The van der Waals surface area contributed by atoms with Crippen molar-refractivity contribution in [3.05, 3.63) is 0 Å². The summed E-state index contributed by atoms with van der Waals surface area (Å²) in [5.74, 6) is 2.57. The molecule has 0 aliphatic rings. The molecule has 0 radical (unpaired) electrons. The van der Waals surface area contributed by atoms with Gasteiger partial charge in [0.15, 0.2) is 0 Å². The number of hydrogen-bond acceptors (Lipinski definition) is 6. The third-order valence-electron chi connectivity index (χ3n) is 8.98. The largest absolute Gasteiger partial charge is 0.382 e. The Kier molecular flexibility index (Phi) is 39.1. The summed E-state index contributed by atoms with van der Waals surface area (Å²) in [6, 6.07) is 6.00. The van der Waals surface area contributed by atoms with Crippen molar-refractivity contribution in [2.45, 2.75) is 206 Å². The van der Waals surface area contributed by atoms with Gasteiger partial charge in [-0.3, -0.25) is 0 Å². The summed E-state index contributed by atoms with van der Waals surface area (Å²) in [4.78, 5) is 0. The number of rotatable bonds is 37. The molecule has 0 spiro atoms. The average molecular weight is 727 g/mol. The van der Waals surface area contributed by atoms with Gasteiger partial charge >= 0.3 is 0 Å². The molecular weight excluding hydrogens is 649 g/mol. The van der Waals surface area contributed by atoms with Gasteiger partial charge in [0.1, 0.15) is 0 Å². The maximum atomic E-state index is 6.62. The zero-order chi connectivity index (χ0) is 32.4. The predicted octanol–water partition coefficient (Wildman–Crippen LogP) is 13.9. The van der Waals surface area contributed by atoms with Gasteiger partial charge in [0.25, 0.3) is 0 Å². The molecule has 0 aliphatic heterocycles. The molecule has 2 nitrogen and oxygen atoms in total. The molecule has 0 saturated carbocycles. The van der Waals surface area contributed by atoms with Crippen LogP contribution in [-0.2, 0) is 9.47 Å².